The van der Waals surface area contributed by atoms with Gasteiger partial charge < -0.3 is 0 Å². The van der Waals surface area contributed by atoms with Crippen LogP contribution in [0.2, 0.25) is 0 Å². The Morgan fingerprint density at radius 3 is 2.06 bits per heavy atom. The fourth-order valence-electron chi connectivity index (χ4n) is 2.09. The molecule has 1 unspecified atom stereocenters. The van der Waals surface area contributed by atoms with Crippen molar-refractivity contribution in [3.8, 4) is 0 Å². The molecule has 0 aliphatic heterocycles. The Hall–Kier alpha value is -0.460. The van der Waals surface area contributed by atoms with Crippen molar-refractivity contribution in [3.05, 3.63) is 21.6 Å². The minimum atomic E-state index is 0.556. The quantitative estimate of drug-likeness (QED) is 0.679. The molecule has 0 spiro atoms. The zero-order valence-electron chi connectivity index (χ0n) is 12.5. The van der Waals surface area contributed by atoms with E-state index in [2.05, 4.69) is 48.2 Å². The zero-order chi connectivity index (χ0) is 14.0. The van der Waals surface area contributed by atoms with E-state index in [0.717, 1.165) is 0 Å². The van der Waals surface area contributed by atoms with Crippen LogP contribution in [0.1, 0.15) is 55.2 Å². The number of aryl methyl sites for hydroxylation is 1. The van der Waals surface area contributed by atoms with Gasteiger partial charge in [-0.15, -0.1) is 9.24 Å². The number of fused-ring (bicyclic) bond motifs is 1. The van der Waals surface area contributed by atoms with Crippen LogP contribution in [0.4, 0.5) is 0 Å². The van der Waals surface area contributed by atoms with E-state index in [-0.39, 0.29) is 0 Å². The third kappa shape index (κ3) is 2.46. The van der Waals surface area contributed by atoms with Crippen LogP contribution in [0.5, 0.6) is 0 Å². The third-order valence-corrected chi connectivity index (χ3v) is 5.25. The topological polar surface area (TPSA) is 12.9 Å². The lowest BCUT2D eigenvalue weighted by Crippen LogP contribution is -2.04. The molecule has 0 amide bonds. The lowest BCUT2D eigenvalue weighted by Gasteiger charge is -2.12. The number of benzene rings is 1. The van der Waals surface area contributed by atoms with E-state index in [4.69, 9.17) is 0 Å². The van der Waals surface area contributed by atoms with Crippen molar-refractivity contribution in [2.24, 2.45) is 0 Å². The first-order valence-electron chi connectivity index (χ1n) is 6.59. The first-order chi connectivity index (χ1) is 8.45. The van der Waals surface area contributed by atoms with Crippen molar-refractivity contribution in [2.75, 3.05) is 0 Å². The fraction of sp³-hybridized carbons (Fsp3) is 0.533. The molecule has 0 aliphatic rings. The molecule has 18 heavy (non-hydrogen) atoms. The largest absolute Gasteiger partial charge is 0.192 e. The predicted octanol–water partition coefficient (Wildman–Crippen LogP) is 4.87. The summed E-state index contributed by atoms with van der Waals surface area (Å²) in [6.45, 7) is 15.1. The SMILES string of the molecule is CC.Cc1c(C)c(C)c2c(C(C)C)snc2c1P. The van der Waals surface area contributed by atoms with Crippen LogP contribution in [0.15, 0.2) is 0 Å². The second kappa shape index (κ2) is 6.12. The molecular formula is C15H24NPS. The summed E-state index contributed by atoms with van der Waals surface area (Å²) in [5.41, 5.74) is 5.34. The van der Waals surface area contributed by atoms with Crippen LogP contribution < -0.4 is 5.30 Å². The van der Waals surface area contributed by atoms with Gasteiger partial charge in [0.05, 0.1) is 5.52 Å². The van der Waals surface area contributed by atoms with Crippen molar-refractivity contribution in [1.82, 2.24) is 4.37 Å². The standard InChI is InChI=1S/C13H18NPS.C2H6/c1-6(2)13-10-8(4)7(3)9(5)12(15)11(10)14-16-13;1-2/h6H,15H2,1-5H3;1-2H3. The molecule has 1 atom stereocenters. The van der Waals surface area contributed by atoms with E-state index in [1.807, 2.05) is 13.8 Å². The number of hydrogen-bond acceptors (Lipinski definition) is 2. The smallest absolute Gasteiger partial charge is 0.0920 e. The summed E-state index contributed by atoms with van der Waals surface area (Å²) in [5.74, 6) is 0.556. The Morgan fingerprint density at radius 2 is 1.56 bits per heavy atom. The van der Waals surface area contributed by atoms with E-state index in [1.54, 1.807) is 11.5 Å². The first kappa shape index (κ1) is 15.6. The van der Waals surface area contributed by atoms with Gasteiger partial charge in [-0.25, -0.2) is 0 Å². The summed E-state index contributed by atoms with van der Waals surface area (Å²) in [7, 11) is 2.85. The van der Waals surface area contributed by atoms with Gasteiger partial charge in [-0.05, 0) is 54.9 Å². The van der Waals surface area contributed by atoms with Gasteiger partial charge in [-0.1, -0.05) is 27.7 Å². The van der Waals surface area contributed by atoms with Crippen molar-refractivity contribution in [3.63, 3.8) is 0 Å². The van der Waals surface area contributed by atoms with Crippen LogP contribution in [0, 0.1) is 20.8 Å². The van der Waals surface area contributed by atoms with Crippen LogP contribution in [0.3, 0.4) is 0 Å². The van der Waals surface area contributed by atoms with E-state index in [1.165, 1.54) is 37.8 Å². The maximum atomic E-state index is 4.62. The summed E-state index contributed by atoms with van der Waals surface area (Å²) in [5, 5.41) is 2.65. The highest BCUT2D eigenvalue weighted by atomic mass is 32.1. The van der Waals surface area contributed by atoms with E-state index in [0.29, 0.717) is 5.92 Å². The first-order valence-corrected chi connectivity index (χ1v) is 7.94. The highest BCUT2D eigenvalue weighted by molar-refractivity contribution is 7.28. The molecule has 3 heteroatoms. The van der Waals surface area contributed by atoms with E-state index >= 15 is 0 Å². The van der Waals surface area contributed by atoms with Gasteiger partial charge >= 0.3 is 0 Å². The van der Waals surface area contributed by atoms with Gasteiger partial charge in [0.25, 0.3) is 0 Å². The van der Waals surface area contributed by atoms with Crippen molar-refractivity contribution in [2.45, 2.75) is 54.4 Å². The Kier molecular flexibility index (Phi) is 5.31. The second-order valence-corrected chi connectivity index (χ2v) is 6.10. The summed E-state index contributed by atoms with van der Waals surface area (Å²) in [6, 6.07) is 0. The van der Waals surface area contributed by atoms with E-state index < -0.39 is 0 Å². The molecule has 0 N–H and O–H groups in total. The molecule has 0 saturated carbocycles. The number of nitrogens with zero attached hydrogens (tertiary/aromatic N) is 1. The third-order valence-electron chi connectivity index (χ3n) is 3.40. The van der Waals surface area contributed by atoms with Crippen molar-refractivity contribution in [1.29, 1.82) is 0 Å². The van der Waals surface area contributed by atoms with Gasteiger partial charge in [0.2, 0.25) is 0 Å². The minimum absolute atomic E-state index is 0.556. The molecule has 100 valence electrons. The molecule has 2 rings (SSSR count). The van der Waals surface area contributed by atoms with E-state index in [9.17, 15) is 0 Å². The Bertz CT molecular complexity index is 555. The summed E-state index contributed by atoms with van der Waals surface area (Å²) < 4.78 is 4.62. The number of hydrogen-bond donors (Lipinski definition) is 0. The highest BCUT2D eigenvalue weighted by Crippen LogP contribution is 2.33. The molecule has 1 heterocycles. The number of rotatable bonds is 1. The normalized spacial score (nSPS) is 10.7. The highest BCUT2D eigenvalue weighted by Gasteiger charge is 2.17. The van der Waals surface area contributed by atoms with Crippen molar-refractivity contribution >= 4 is 37.0 Å². The summed E-state index contributed by atoms with van der Waals surface area (Å²) in [4.78, 5) is 1.42. The average Bonchev–Trinajstić information content (AvgIpc) is 2.81. The number of aromatic nitrogens is 1. The molecular weight excluding hydrogens is 257 g/mol. The molecule has 0 aliphatic carbocycles. The van der Waals surface area contributed by atoms with Gasteiger partial charge in [-0.3, -0.25) is 0 Å². The second-order valence-electron chi connectivity index (χ2n) is 4.71. The lowest BCUT2D eigenvalue weighted by molar-refractivity contribution is 0.896. The van der Waals surface area contributed by atoms with Gasteiger partial charge in [-0.2, -0.15) is 4.37 Å². The predicted molar refractivity (Wildman–Crippen MR) is 88.6 cm³/mol. The molecule has 0 bridgehead atoms. The summed E-state index contributed by atoms with van der Waals surface area (Å²) in [6.07, 6.45) is 0. The average molecular weight is 281 g/mol. The molecule has 2 aromatic rings. The fourth-order valence-corrected chi connectivity index (χ4v) is 3.54. The zero-order valence-corrected chi connectivity index (χ0v) is 14.5. The van der Waals surface area contributed by atoms with Crippen LogP contribution >= 0.6 is 20.8 Å². The van der Waals surface area contributed by atoms with Gasteiger partial charge in [0.1, 0.15) is 0 Å². The Labute approximate surface area is 117 Å². The van der Waals surface area contributed by atoms with Gasteiger partial charge in [0.15, 0.2) is 0 Å². The van der Waals surface area contributed by atoms with Crippen LogP contribution in [-0.2, 0) is 0 Å². The minimum Gasteiger partial charge on any atom is -0.192 e. The lowest BCUT2D eigenvalue weighted by atomic mass is 9.97. The monoisotopic (exact) mass is 281 g/mol. The van der Waals surface area contributed by atoms with Gasteiger partial charge in [0, 0.05) is 15.6 Å². The molecule has 0 radical (unpaired) electrons. The maximum Gasteiger partial charge on any atom is 0.0920 e. The molecule has 0 saturated heterocycles. The summed E-state index contributed by atoms with van der Waals surface area (Å²) >= 11 is 1.65. The molecule has 0 fully saturated rings. The van der Waals surface area contributed by atoms with Crippen LogP contribution in [0.25, 0.3) is 10.9 Å². The Balaban J connectivity index is 0.000000771. The van der Waals surface area contributed by atoms with Crippen molar-refractivity contribution < 1.29 is 0 Å². The maximum absolute atomic E-state index is 4.62. The molecule has 1 aromatic heterocycles. The van der Waals surface area contributed by atoms with Crippen LogP contribution in [-0.4, -0.2) is 4.37 Å². The Morgan fingerprint density at radius 1 is 1.00 bits per heavy atom. The molecule has 1 aromatic carbocycles. The molecule has 1 nitrogen and oxygen atoms in total.